The lowest BCUT2D eigenvalue weighted by Gasteiger charge is -2.14. The second-order valence-electron chi connectivity index (χ2n) is 5.57. The minimum Gasteiger partial charge on any atom is -0.316 e. The van der Waals surface area contributed by atoms with Crippen molar-refractivity contribution in [3.63, 3.8) is 0 Å². The van der Waals surface area contributed by atoms with Gasteiger partial charge in [-0.3, -0.25) is 4.68 Å². The molecular weight excluding hydrogens is 234 g/mol. The van der Waals surface area contributed by atoms with Gasteiger partial charge in [0.05, 0.1) is 11.9 Å². The summed E-state index contributed by atoms with van der Waals surface area (Å²) in [6.45, 7) is 6.58. The summed E-state index contributed by atoms with van der Waals surface area (Å²) in [7, 11) is 2.01. The van der Waals surface area contributed by atoms with E-state index in [1.54, 1.807) is 0 Å². The van der Waals surface area contributed by atoms with Crippen LogP contribution < -0.4 is 5.32 Å². The molecule has 0 aliphatic carbocycles. The molecule has 1 aromatic heterocycles. The molecule has 1 aliphatic heterocycles. The zero-order valence-electron chi connectivity index (χ0n) is 11.9. The van der Waals surface area contributed by atoms with Gasteiger partial charge in [-0.1, -0.05) is 19.1 Å². The predicted molar refractivity (Wildman–Crippen MR) is 78.4 cm³/mol. The second kappa shape index (κ2) is 4.82. The first-order valence-corrected chi connectivity index (χ1v) is 6.99. The Hall–Kier alpha value is -1.61. The van der Waals surface area contributed by atoms with Gasteiger partial charge in [0.1, 0.15) is 0 Å². The normalized spacial score (nSPS) is 19.0. The molecule has 1 N–H and O–H groups in total. The third kappa shape index (κ3) is 2.19. The summed E-state index contributed by atoms with van der Waals surface area (Å²) < 4.78 is 1.97. The van der Waals surface area contributed by atoms with Crippen LogP contribution in [0.2, 0.25) is 0 Å². The largest absolute Gasteiger partial charge is 0.316 e. The van der Waals surface area contributed by atoms with Crippen LogP contribution in [-0.2, 0) is 13.5 Å². The Morgan fingerprint density at radius 1 is 1.37 bits per heavy atom. The number of nitrogens with zero attached hydrogens (tertiary/aromatic N) is 2. The minimum atomic E-state index is 0.596. The Labute approximate surface area is 114 Å². The van der Waals surface area contributed by atoms with Crippen molar-refractivity contribution in [2.75, 3.05) is 13.1 Å². The van der Waals surface area contributed by atoms with Crippen LogP contribution in [-0.4, -0.2) is 22.9 Å². The fraction of sp³-hybridized carbons (Fsp3) is 0.438. The lowest BCUT2D eigenvalue weighted by Crippen LogP contribution is -2.18. The molecule has 0 bridgehead atoms. The summed E-state index contributed by atoms with van der Waals surface area (Å²) in [5, 5.41) is 7.85. The molecule has 19 heavy (non-hydrogen) atoms. The monoisotopic (exact) mass is 255 g/mol. The average Bonchev–Trinajstić information content (AvgIpc) is 2.62. The highest BCUT2D eigenvalue weighted by atomic mass is 15.3. The highest BCUT2D eigenvalue weighted by Gasteiger charge is 2.16. The molecule has 3 nitrogen and oxygen atoms in total. The highest BCUT2D eigenvalue weighted by Crippen LogP contribution is 2.29. The van der Waals surface area contributed by atoms with Gasteiger partial charge in [-0.05, 0) is 48.6 Å². The van der Waals surface area contributed by atoms with E-state index >= 15 is 0 Å². The topological polar surface area (TPSA) is 29.9 Å². The van der Waals surface area contributed by atoms with Crippen molar-refractivity contribution < 1.29 is 0 Å². The van der Waals surface area contributed by atoms with Gasteiger partial charge < -0.3 is 5.32 Å². The van der Waals surface area contributed by atoms with E-state index in [-0.39, 0.29) is 0 Å². The standard InChI is InChI=1S/C16H21N3/c1-11-9-17-7-6-13-8-14(4-5-15(11)13)16-12(2)10-18-19(16)3/h4-5,8,10-11,17H,6-7,9H2,1-3H3. The molecule has 1 aliphatic rings. The van der Waals surface area contributed by atoms with E-state index < -0.39 is 0 Å². The Morgan fingerprint density at radius 2 is 2.21 bits per heavy atom. The van der Waals surface area contributed by atoms with Crippen molar-refractivity contribution in [2.45, 2.75) is 26.2 Å². The van der Waals surface area contributed by atoms with Gasteiger partial charge >= 0.3 is 0 Å². The van der Waals surface area contributed by atoms with Crippen LogP contribution in [0, 0.1) is 6.92 Å². The van der Waals surface area contributed by atoms with E-state index in [1.807, 2.05) is 17.9 Å². The molecule has 0 amide bonds. The van der Waals surface area contributed by atoms with Crippen molar-refractivity contribution in [3.05, 3.63) is 41.1 Å². The molecule has 3 heteroatoms. The predicted octanol–water partition coefficient (Wildman–Crippen LogP) is 2.64. The quantitative estimate of drug-likeness (QED) is 0.849. The molecule has 2 aromatic rings. The maximum atomic E-state index is 4.34. The third-order valence-electron chi connectivity index (χ3n) is 4.09. The SMILES string of the molecule is Cc1cnn(C)c1-c1ccc2c(c1)CCNCC2C. The van der Waals surface area contributed by atoms with Gasteiger partial charge in [0.15, 0.2) is 0 Å². The lowest BCUT2D eigenvalue weighted by atomic mass is 9.92. The number of rotatable bonds is 1. The first-order chi connectivity index (χ1) is 9.16. The number of aromatic nitrogens is 2. The fourth-order valence-corrected chi connectivity index (χ4v) is 3.06. The maximum absolute atomic E-state index is 4.34. The molecule has 0 radical (unpaired) electrons. The number of fused-ring (bicyclic) bond motifs is 1. The zero-order valence-corrected chi connectivity index (χ0v) is 11.9. The summed E-state index contributed by atoms with van der Waals surface area (Å²) in [6.07, 6.45) is 3.05. The van der Waals surface area contributed by atoms with Crippen molar-refractivity contribution in [1.29, 1.82) is 0 Å². The maximum Gasteiger partial charge on any atom is 0.0708 e. The molecule has 0 spiro atoms. The molecule has 0 saturated heterocycles. The van der Waals surface area contributed by atoms with Crippen molar-refractivity contribution in [2.24, 2.45) is 7.05 Å². The number of hydrogen-bond donors (Lipinski definition) is 1. The van der Waals surface area contributed by atoms with Crippen molar-refractivity contribution >= 4 is 0 Å². The summed E-state index contributed by atoms with van der Waals surface area (Å²) in [4.78, 5) is 0. The summed E-state index contributed by atoms with van der Waals surface area (Å²) in [6, 6.07) is 6.89. The third-order valence-corrected chi connectivity index (χ3v) is 4.09. The van der Waals surface area contributed by atoms with E-state index in [0.717, 1.165) is 19.5 Å². The van der Waals surface area contributed by atoms with E-state index in [9.17, 15) is 0 Å². The molecule has 1 aromatic carbocycles. The number of hydrogen-bond acceptors (Lipinski definition) is 2. The van der Waals surface area contributed by atoms with Crippen LogP contribution in [0.15, 0.2) is 24.4 Å². The van der Waals surface area contributed by atoms with Crippen molar-refractivity contribution in [3.8, 4) is 11.3 Å². The molecule has 1 atom stereocenters. The van der Waals surface area contributed by atoms with Crippen LogP contribution in [0.5, 0.6) is 0 Å². The molecule has 3 rings (SSSR count). The van der Waals surface area contributed by atoms with Gasteiger partial charge in [0, 0.05) is 19.2 Å². The highest BCUT2D eigenvalue weighted by molar-refractivity contribution is 5.65. The van der Waals surface area contributed by atoms with Gasteiger partial charge in [-0.2, -0.15) is 5.10 Å². The van der Waals surface area contributed by atoms with Crippen LogP contribution in [0.3, 0.4) is 0 Å². The smallest absolute Gasteiger partial charge is 0.0708 e. The number of benzene rings is 1. The van der Waals surface area contributed by atoms with Crippen molar-refractivity contribution in [1.82, 2.24) is 15.1 Å². The minimum absolute atomic E-state index is 0.596. The summed E-state index contributed by atoms with van der Waals surface area (Å²) in [5.41, 5.74) is 6.73. The molecular formula is C16H21N3. The van der Waals surface area contributed by atoms with E-state index in [0.29, 0.717) is 5.92 Å². The molecule has 100 valence electrons. The van der Waals surface area contributed by atoms with Crippen LogP contribution in [0.1, 0.15) is 29.5 Å². The second-order valence-corrected chi connectivity index (χ2v) is 5.57. The number of aryl methyl sites for hydroxylation is 2. The van der Waals surface area contributed by atoms with Gasteiger partial charge in [0.25, 0.3) is 0 Å². The van der Waals surface area contributed by atoms with Crippen LogP contribution >= 0.6 is 0 Å². The lowest BCUT2D eigenvalue weighted by molar-refractivity contribution is 0.644. The first kappa shape index (κ1) is 12.4. The van der Waals surface area contributed by atoms with Crippen LogP contribution in [0.25, 0.3) is 11.3 Å². The Balaban J connectivity index is 2.09. The van der Waals surface area contributed by atoms with Gasteiger partial charge in [-0.25, -0.2) is 0 Å². The van der Waals surface area contributed by atoms with E-state index in [4.69, 9.17) is 0 Å². The summed E-state index contributed by atoms with van der Waals surface area (Å²) in [5.74, 6) is 0.596. The molecule has 1 unspecified atom stereocenters. The average molecular weight is 255 g/mol. The molecule has 0 saturated carbocycles. The molecule has 0 fully saturated rings. The Bertz CT molecular complexity index is 579. The van der Waals surface area contributed by atoms with Gasteiger partial charge in [-0.15, -0.1) is 0 Å². The number of nitrogens with one attached hydrogen (secondary N) is 1. The van der Waals surface area contributed by atoms with E-state index in [2.05, 4.69) is 42.5 Å². The van der Waals surface area contributed by atoms with E-state index in [1.165, 1.54) is 27.9 Å². The summed E-state index contributed by atoms with van der Waals surface area (Å²) >= 11 is 0. The fourth-order valence-electron chi connectivity index (χ4n) is 3.06. The molecule has 2 heterocycles. The first-order valence-electron chi connectivity index (χ1n) is 6.99. The Morgan fingerprint density at radius 3 is 2.95 bits per heavy atom. The zero-order chi connectivity index (χ0) is 13.4. The van der Waals surface area contributed by atoms with Crippen LogP contribution in [0.4, 0.5) is 0 Å². The Kier molecular flexibility index (Phi) is 3.15. The van der Waals surface area contributed by atoms with Gasteiger partial charge in [0.2, 0.25) is 0 Å².